The predicted octanol–water partition coefficient (Wildman–Crippen LogP) is 5.82. The van der Waals surface area contributed by atoms with Gasteiger partial charge in [-0.15, -0.1) is 0 Å². The number of furan rings is 1. The molecule has 7 heteroatoms. The Morgan fingerprint density at radius 3 is 2.76 bits per heavy atom. The number of aromatic nitrogens is 1. The summed E-state index contributed by atoms with van der Waals surface area (Å²) in [5.41, 5.74) is 2.40. The van der Waals surface area contributed by atoms with Crippen LogP contribution in [-0.2, 0) is 0 Å². The van der Waals surface area contributed by atoms with Crippen LogP contribution in [0.5, 0.6) is 5.75 Å². The minimum Gasteiger partial charge on any atom is -0.496 e. The van der Waals surface area contributed by atoms with Gasteiger partial charge in [0, 0.05) is 28.5 Å². The van der Waals surface area contributed by atoms with E-state index in [1.54, 1.807) is 6.26 Å². The molecule has 0 aliphatic rings. The lowest BCUT2D eigenvalue weighted by Gasteiger charge is -2.04. The zero-order valence-corrected chi connectivity index (χ0v) is 15.3. The standard InChI is InChI=1S/C22H14N2O5/c1-27-19-9-7-15(24(25)26)11-17(19)22-23-18-10-13(6-8-20(18)29-22)21-16-5-3-2-4-14(16)12-28-21/h2-12H,1H3. The maximum Gasteiger partial charge on any atom is 0.270 e. The van der Waals surface area contributed by atoms with E-state index in [4.69, 9.17) is 13.6 Å². The summed E-state index contributed by atoms with van der Waals surface area (Å²) in [6, 6.07) is 17.8. The van der Waals surface area contributed by atoms with Gasteiger partial charge in [-0.2, -0.15) is 0 Å². The highest BCUT2D eigenvalue weighted by Crippen LogP contribution is 2.36. The molecule has 5 rings (SSSR count). The first-order valence-corrected chi connectivity index (χ1v) is 8.84. The van der Waals surface area contributed by atoms with Crippen LogP contribution in [0, 0.1) is 10.1 Å². The molecule has 0 aliphatic heterocycles. The molecule has 0 saturated heterocycles. The smallest absolute Gasteiger partial charge is 0.270 e. The molecule has 0 radical (unpaired) electrons. The number of hydrogen-bond donors (Lipinski definition) is 0. The summed E-state index contributed by atoms with van der Waals surface area (Å²) < 4.78 is 16.9. The molecule has 0 aliphatic carbocycles. The van der Waals surface area contributed by atoms with Crippen LogP contribution in [0.15, 0.2) is 75.8 Å². The lowest BCUT2D eigenvalue weighted by molar-refractivity contribution is -0.384. The van der Waals surface area contributed by atoms with Crippen molar-refractivity contribution in [2.45, 2.75) is 0 Å². The van der Waals surface area contributed by atoms with Gasteiger partial charge in [0.05, 0.1) is 23.9 Å². The normalized spacial score (nSPS) is 11.2. The fraction of sp³-hybridized carbons (Fsp3) is 0.0455. The Balaban J connectivity index is 1.64. The predicted molar refractivity (Wildman–Crippen MR) is 108 cm³/mol. The van der Waals surface area contributed by atoms with Crippen LogP contribution in [-0.4, -0.2) is 17.0 Å². The Morgan fingerprint density at radius 2 is 1.93 bits per heavy atom. The molecule has 0 N–H and O–H groups in total. The Morgan fingerprint density at radius 1 is 1.07 bits per heavy atom. The molecule has 0 saturated carbocycles. The van der Waals surface area contributed by atoms with Gasteiger partial charge in [-0.3, -0.25) is 10.1 Å². The zero-order chi connectivity index (χ0) is 20.0. The minimum atomic E-state index is -0.467. The number of ether oxygens (including phenoxy) is 1. The van der Waals surface area contributed by atoms with Gasteiger partial charge in [-0.25, -0.2) is 4.98 Å². The molecule has 7 nitrogen and oxygen atoms in total. The third kappa shape index (κ3) is 2.80. The summed E-state index contributed by atoms with van der Waals surface area (Å²) in [7, 11) is 1.49. The number of rotatable bonds is 4. The number of nitro benzene ring substituents is 1. The Kier molecular flexibility index (Phi) is 3.80. The topological polar surface area (TPSA) is 91.5 Å². The van der Waals surface area contributed by atoms with Crippen molar-refractivity contribution in [3.05, 3.63) is 77.0 Å². The van der Waals surface area contributed by atoms with E-state index in [0.29, 0.717) is 22.4 Å². The van der Waals surface area contributed by atoms with Crippen molar-refractivity contribution < 1.29 is 18.5 Å². The molecular weight excluding hydrogens is 372 g/mol. The second-order valence-electron chi connectivity index (χ2n) is 6.50. The van der Waals surface area contributed by atoms with Gasteiger partial charge in [0.25, 0.3) is 5.69 Å². The maximum atomic E-state index is 11.1. The van der Waals surface area contributed by atoms with E-state index in [0.717, 1.165) is 22.1 Å². The van der Waals surface area contributed by atoms with Crippen molar-refractivity contribution in [3.8, 4) is 28.5 Å². The van der Waals surface area contributed by atoms with Gasteiger partial charge in [-0.1, -0.05) is 24.3 Å². The van der Waals surface area contributed by atoms with E-state index in [-0.39, 0.29) is 11.6 Å². The largest absolute Gasteiger partial charge is 0.496 e. The average molecular weight is 386 g/mol. The monoisotopic (exact) mass is 386 g/mol. The van der Waals surface area contributed by atoms with Crippen molar-refractivity contribution >= 4 is 27.6 Å². The number of oxazole rings is 1. The van der Waals surface area contributed by atoms with E-state index in [1.165, 1.54) is 25.3 Å². The molecular formula is C22H14N2O5. The Hall–Kier alpha value is -4.13. The number of hydrogen-bond acceptors (Lipinski definition) is 6. The summed E-state index contributed by atoms with van der Waals surface area (Å²) in [5, 5.41) is 13.2. The third-order valence-electron chi connectivity index (χ3n) is 4.78. The lowest BCUT2D eigenvalue weighted by Crippen LogP contribution is -1.92. The van der Waals surface area contributed by atoms with Crippen molar-refractivity contribution in [3.63, 3.8) is 0 Å². The summed E-state index contributed by atoms with van der Waals surface area (Å²) in [4.78, 5) is 15.2. The van der Waals surface area contributed by atoms with Gasteiger partial charge < -0.3 is 13.6 Å². The molecule has 2 aromatic heterocycles. The molecule has 2 heterocycles. The van der Waals surface area contributed by atoms with E-state index in [9.17, 15) is 10.1 Å². The SMILES string of the molecule is COc1ccc([N+](=O)[O-])cc1-c1nc2cc(-c3occ4ccccc34)ccc2o1. The van der Waals surface area contributed by atoms with Gasteiger partial charge in [0.2, 0.25) is 5.89 Å². The van der Waals surface area contributed by atoms with Crippen LogP contribution in [0.3, 0.4) is 0 Å². The second kappa shape index (κ2) is 6.49. The minimum absolute atomic E-state index is 0.0641. The highest BCUT2D eigenvalue weighted by atomic mass is 16.6. The van der Waals surface area contributed by atoms with E-state index < -0.39 is 4.92 Å². The first kappa shape index (κ1) is 17.0. The van der Waals surface area contributed by atoms with Gasteiger partial charge >= 0.3 is 0 Å². The highest BCUT2D eigenvalue weighted by molar-refractivity contribution is 5.95. The van der Waals surface area contributed by atoms with Crippen LogP contribution < -0.4 is 4.74 Å². The van der Waals surface area contributed by atoms with Crippen LogP contribution in [0.1, 0.15) is 0 Å². The number of non-ortho nitro benzene ring substituents is 1. The van der Waals surface area contributed by atoms with Crippen molar-refractivity contribution in [2.75, 3.05) is 7.11 Å². The molecule has 0 amide bonds. The van der Waals surface area contributed by atoms with Crippen molar-refractivity contribution in [2.24, 2.45) is 0 Å². The van der Waals surface area contributed by atoms with E-state index >= 15 is 0 Å². The van der Waals surface area contributed by atoms with E-state index in [1.807, 2.05) is 42.5 Å². The number of nitrogens with zero attached hydrogens (tertiary/aromatic N) is 2. The molecule has 0 unspecified atom stereocenters. The van der Waals surface area contributed by atoms with Crippen LogP contribution in [0.25, 0.3) is 44.7 Å². The highest BCUT2D eigenvalue weighted by Gasteiger charge is 2.18. The van der Waals surface area contributed by atoms with E-state index in [2.05, 4.69) is 4.98 Å². The molecule has 0 fully saturated rings. The third-order valence-corrected chi connectivity index (χ3v) is 4.78. The molecule has 0 bridgehead atoms. The number of benzene rings is 3. The summed E-state index contributed by atoms with van der Waals surface area (Å²) >= 11 is 0. The van der Waals surface area contributed by atoms with Crippen molar-refractivity contribution in [1.82, 2.24) is 4.98 Å². The average Bonchev–Trinajstić information content (AvgIpc) is 3.36. The molecule has 142 valence electrons. The Bertz CT molecular complexity index is 1380. The van der Waals surface area contributed by atoms with Gasteiger partial charge in [0.1, 0.15) is 17.0 Å². The van der Waals surface area contributed by atoms with Crippen LogP contribution in [0.2, 0.25) is 0 Å². The second-order valence-corrected chi connectivity index (χ2v) is 6.50. The molecule has 0 atom stereocenters. The molecule has 3 aromatic carbocycles. The van der Waals surface area contributed by atoms with Gasteiger partial charge in [-0.05, 0) is 24.3 Å². The fourth-order valence-corrected chi connectivity index (χ4v) is 3.38. The molecule has 0 spiro atoms. The Labute approximate surface area is 164 Å². The molecule has 29 heavy (non-hydrogen) atoms. The van der Waals surface area contributed by atoms with Crippen LogP contribution >= 0.6 is 0 Å². The fourth-order valence-electron chi connectivity index (χ4n) is 3.38. The summed E-state index contributed by atoms with van der Waals surface area (Å²) in [5.74, 6) is 1.45. The lowest BCUT2D eigenvalue weighted by atomic mass is 10.1. The number of fused-ring (bicyclic) bond motifs is 2. The number of methoxy groups -OCH3 is 1. The van der Waals surface area contributed by atoms with Crippen molar-refractivity contribution in [1.29, 1.82) is 0 Å². The summed E-state index contributed by atoms with van der Waals surface area (Å²) in [6.45, 7) is 0. The number of nitro groups is 1. The summed E-state index contributed by atoms with van der Waals surface area (Å²) in [6.07, 6.45) is 1.72. The first-order valence-electron chi connectivity index (χ1n) is 8.84. The molecule has 5 aromatic rings. The zero-order valence-electron chi connectivity index (χ0n) is 15.3. The van der Waals surface area contributed by atoms with Crippen LogP contribution in [0.4, 0.5) is 5.69 Å². The first-order chi connectivity index (χ1) is 14.1. The van der Waals surface area contributed by atoms with Gasteiger partial charge in [0.15, 0.2) is 5.58 Å². The quantitative estimate of drug-likeness (QED) is 0.285. The maximum absolute atomic E-state index is 11.1.